The molecule has 17 heavy (non-hydrogen) atoms. The third kappa shape index (κ3) is 2.70. The molecule has 1 aromatic rings. The van der Waals surface area contributed by atoms with Crippen LogP contribution in [0.4, 0.5) is 0 Å². The number of benzene rings is 1. The van der Waals surface area contributed by atoms with Crippen molar-refractivity contribution in [3.05, 3.63) is 35.9 Å². The van der Waals surface area contributed by atoms with Crippen LogP contribution >= 0.6 is 0 Å². The van der Waals surface area contributed by atoms with Gasteiger partial charge in [-0.25, -0.2) is 0 Å². The van der Waals surface area contributed by atoms with Crippen LogP contribution in [-0.4, -0.2) is 23.0 Å². The van der Waals surface area contributed by atoms with E-state index >= 15 is 0 Å². The van der Waals surface area contributed by atoms with Crippen molar-refractivity contribution in [3.8, 4) is 0 Å². The summed E-state index contributed by atoms with van der Waals surface area (Å²) < 4.78 is 0. The first-order valence-electron chi connectivity index (χ1n) is 6.65. The minimum absolute atomic E-state index is 0.354. The fraction of sp³-hybridized carbons (Fsp3) is 0.600. The fourth-order valence-corrected chi connectivity index (χ4v) is 2.90. The van der Waals surface area contributed by atoms with Crippen LogP contribution in [-0.2, 0) is 6.54 Å². The van der Waals surface area contributed by atoms with Crippen LogP contribution in [0.25, 0.3) is 0 Å². The van der Waals surface area contributed by atoms with Crippen molar-refractivity contribution >= 4 is 0 Å². The van der Waals surface area contributed by atoms with Crippen LogP contribution in [0, 0.1) is 5.92 Å². The van der Waals surface area contributed by atoms with Gasteiger partial charge >= 0.3 is 0 Å². The lowest BCUT2D eigenvalue weighted by Gasteiger charge is -2.45. The highest BCUT2D eigenvalue weighted by atomic mass is 15.2. The highest BCUT2D eigenvalue weighted by Crippen LogP contribution is 2.28. The largest absolute Gasteiger partial charge is 0.327 e. The molecule has 2 rings (SSSR count). The van der Waals surface area contributed by atoms with Gasteiger partial charge in [-0.15, -0.1) is 0 Å². The summed E-state index contributed by atoms with van der Waals surface area (Å²) in [4.78, 5) is 2.59. The molecule has 0 amide bonds. The second-order valence-electron chi connectivity index (χ2n) is 5.51. The van der Waals surface area contributed by atoms with Gasteiger partial charge in [0, 0.05) is 24.7 Å². The monoisotopic (exact) mass is 232 g/mol. The Balaban J connectivity index is 2.09. The lowest BCUT2D eigenvalue weighted by atomic mass is 9.84. The first-order chi connectivity index (χ1) is 8.09. The van der Waals surface area contributed by atoms with Crippen molar-refractivity contribution in [1.29, 1.82) is 0 Å². The molecule has 0 saturated carbocycles. The maximum Gasteiger partial charge on any atom is 0.0239 e. The van der Waals surface area contributed by atoms with E-state index in [1.165, 1.54) is 5.56 Å². The Bertz CT molecular complexity index is 349. The molecule has 2 N–H and O–H groups in total. The summed E-state index contributed by atoms with van der Waals surface area (Å²) in [6, 6.07) is 12.2. The van der Waals surface area contributed by atoms with Crippen molar-refractivity contribution in [2.45, 2.75) is 51.9 Å². The van der Waals surface area contributed by atoms with Crippen molar-refractivity contribution in [3.63, 3.8) is 0 Å². The maximum atomic E-state index is 6.19. The Morgan fingerprint density at radius 3 is 2.47 bits per heavy atom. The smallest absolute Gasteiger partial charge is 0.0239 e. The minimum atomic E-state index is 0.354. The van der Waals surface area contributed by atoms with Crippen molar-refractivity contribution in [2.24, 2.45) is 11.7 Å². The molecule has 0 unspecified atom stereocenters. The summed E-state index contributed by atoms with van der Waals surface area (Å²) in [5.74, 6) is 0.579. The molecule has 0 spiro atoms. The van der Waals surface area contributed by atoms with Crippen LogP contribution < -0.4 is 5.73 Å². The van der Waals surface area contributed by atoms with E-state index in [1.54, 1.807) is 0 Å². The Hall–Kier alpha value is -0.860. The zero-order chi connectivity index (χ0) is 12.4. The fourth-order valence-electron chi connectivity index (χ4n) is 2.90. The average Bonchev–Trinajstić information content (AvgIpc) is 2.33. The average molecular weight is 232 g/mol. The second-order valence-corrected chi connectivity index (χ2v) is 5.51. The zero-order valence-corrected chi connectivity index (χ0v) is 11.1. The molecule has 0 radical (unpaired) electrons. The molecule has 1 aromatic carbocycles. The van der Waals surface area contributed by atoms with Gasteiger partial charge in [0.05, 0.1) is 0 Å². The molecule has 1 heterocycles. The van der Waals surface area contributed by atoms with Crippen molar-refractivity contribution in [1.82, 2.24) is 4.90 Å². The van der Waals surface area contributed by atoms with Gasteiger partial charge in [-0.2, -0.15) is 0 Å². The first kappa shape index (κ1) is 12.6. The summed E-state index contributed by atoms with van der Waals surface area (Å²) in [7, 11) is 0. The Kier molecular flexibility index (Phi) is 3.85. The molecule has 4 atom stereocenters. The standard InChI is InChI=1S/C15H24N2/c1-11-9-15(16)12(2)13(3)17(11)10-14-7-5-4-6-8-14/h4-8,11-13,15H,9-10,16H2,1-3H3/t11-,12-,13+,15+/m1/s1. The van der Waals surface area contributed by atoms with Gasteiger partial charge in [-0.05, 0) is 31.7 Å². The quantitative estimate of drug-likeness (QED) is 0.849. The highest BCUT2D eigenvalue weighted by Gasteiger charge is 2.34. The number of piperidine rings is 1. The van der Waals surface area contributed by atoms with Crippen LogP contribution in [0.2, 0.25) is 0 Å². The Labute approximate surface area is 105 Å². The molecule has 1 aliphatic rings. The van der Waals surface area contributed by atoms with E-state index in [0.717, 1.165) is 13.0 Å². The molecule has 0 aliphatic carbocycles. The lowest BCUT2D eigenvalue weighted by Crippen LogP contribution is -2.55. The molecule has 0 bridgehead atoms. The Morgan fingerprint density at radius 2 is 1.82 bits per heavy atom. The number of nitrogens with two attached hydrogens (primary N) is 1. The van der Waals surface area contributed by atoms with E-state index in [-0.39, 0.29) is 0 Å². The predicted molar refractivity (Wildman–Crippen MR) is 72.7 cm³/mol. The Morgan fingerprint density at radius 1 is 1.18 bits per heavy atom. The maximum absolute atomic E-state index is 6.19. The number of rotatable bonds is 2. The third-order valence-corrected chi connectivity index (χ3v) is 4.35. The van der Waals surface area contributed by atoms with E-state index in [9.17, 15) is 0 Å². The summed E-state index contributed by atoms with van der Waals surface area (Å²) in [5, 5.41) is 0. The third-order valence-electron chi connectivity index (χ3n) is 4.35. The zero-order valence-electron chi connectivity index (χ0n) is 11.1. The molecular formula is C15H24N2. The van der Waals surface area contributed by atoms with Crippen molar-refractivity contribution in [2.75, 3.05) is 0 Å². The van der Waals surface area contributed by atoms with E-state index < -0.39 is 0 Å². The number of hydrogen-bond donors (Lipinski definition) is 1. The van der Waals surface area contributed by atoms with Crippen LogP contribution in [0.1, 0.15) is 32.8 Å². The molecule has 1 aliphatic heterocycles. The molecule has 1 fully saturated rings. The van der Waals surface area contributed by atoms with Crippen molar-refractivity contribution < 1.29 is 0 Å². The van der Waals surface area contributed by atoms with Gasteiger partial charge in [-0.3, -0.25) is 4.90 Å². The number of nitrogens with zero attached hydrogens (tertiary/aromatic N) is 1. The van der Waals surface area contributed by atoms with E-state index in [1.807, 2.05) is 0 Å². The van der Waals surface area contributed by atoms with Gasteiger partial charge in [0.2, 0.25) is 0 Å². The van der Waals surface area contributed by atoms with Gasteiger partial charge < -0.3 is 5.73 Å². The SMILES string of the molecule is C[C@H]1[C@@H](N)C[C@@H](C)N(Cc2ccccc2)[C@H]1C. The van der Waals surface area contributed by atoms with Gasteiger partial charge in [0.15, 0.2) is 0 Å². The van der Waals surface area contributed by atoms with E-state index in [2.05, 4.69) is 56.0 Å². The highest BCUT2D eigenvalue weighted by molar-refractivity contribution is 5.15. The van der Waals surface area contributed by atoms with Gasteiger partial charge in [0.25, 0.3) is 0 Å². The molecule has 0 aromatic heterocycles. The van der Waals surface area contributed by atoms with Crippen LogP contribution in [0.5, 0.6) is 0 Å². The summed E-state index contributed by atoms with van der Waals surface area (Å²) in [6.07, 6.45) is 1.11. The number of likely N-dealkylation sites (tertiary alicyclic amines) is 1. The minimum Gasteiger partial charge on any atom is -0.327 e. The molecule has 2 nitrogen and oxygen atoms in total. The second kappa shape index (κ2) is 5.19. The summed E-state index contributed by atoms with van der Waals surface area (Å²) in [5.41, 5.74) is 7.59. The van der Waals surface area contributed by atoms with Crippen LogP contribution in [0.15, 0.2) is 30.3 Å². The normalized spacial score (nSPS) is 34.8. The van der Waals surface area contributed by atoms with Crippen LogP contribution in [0.3, 0.4) is 0 Å². The predicted octanol–water partition coefficient (Wildman–Crippen LogP) is 2.63. The number of hydrogen-bond acceptors (Lipinski definition) is 2. The first-order valence-corrected chi connectivity index (χ1v) is 6.65. The van der Waals surface area contributed by atoms with Gasteiger partial charge in [-0.1, -0.05) is 37.3 Å². The molecule has 2 heteroatoms. The van der Waals surface area contributed by atoms with Gasteiger partial charge in [0.1, 0.15) is 0 Å². The van der Waals surface area contributed by atoms with E-state index in [4.69, 9.17) is 5.73 Å². The molecule has 1 saturated heterocycles. The summed E-state index contributed by atoms with van der Waals surface area (Å²) >= 11 is 0. The molecular weight excluding hydrogens is 208 g/mol. The molecule has 94 valence electrons. The lowest BCUT2D eigenvalue weighted by molar-refractivity contribution is 0.0439. The van der Waals surface area contributed by atoms with E-state index in [0.29, 0.717) is 24.0 Å². The topological polar surface area (TPSA) is 29.3 Å². The summed E-state index contributed by atoms with van der Waals surface area (Å²) in [6.45, 7) is 7.92.